The highest BCUT2D eigenvalue weighted by atomic mass is 35.5. The van der Waals surface area contributed by atoms with E-state index in [1.54, 1.807) is 6.07 Å². The first-order chi connectivity index (χ1) is 13.0. The summed E-state index contributed by atoms with van der Waals surface area (Å²) in [5.41, 5.74) is 0. The van der Waals surface area contributed by atoms with E-state index in [1.807, 2.05) is 6.07 Å². The number of carbonyl (C=O) groups is 1. The SMILES string of the molecule is O=C(O)c1ccc(CCC[C@H]2C(Cl)C[C@@H](O)C2CCCCCCCCO)s1. The van der Waals surface area contributed by atoms with Crippen molar-refractivity contribution in [1.82, 2.24) is 0 Å². The number of aromatic carboxylic acids is 1. The fraction of sp³-hybridized carbons (Fsp3) is 0.762. The van der Waals surface area contributed by atoms with Gasteiger partial charge in [-0.3, -0.25) is 0 Å². The minimum absolute atomic E-state index is 0.0486. The van der Waals surface area contributed by atoms with E-state index in [4.69, 9.17) is 21.8 Å². The van der Waals surface area contributed by atoms with Crippen molar-refractivity contribution in [3.63, 3.8) is 0 Å². The van der Waals surface area contributed by atoms with Crippen LogP contribution in [0, 0.1) is 11.8 Å². The lowest BCUT2D eigenvalue weighted by Crippen LogP contribution is -2.21. The number of thiophene rings is 1. The van der Waals surface area contributed by atoms with Gasteiger partial charge in [-0.05, 0) is 62.5 Å². The summed E-state index contributed by atoms with van der Waals surface area (Å²) in [7, 11) is 0. The first-order valence-corrected chi connectivity index (χ1v) is 11.5. The smallest absolute Gasteiger partial charge is 0.345 e. The Hall–Kier alpha value is -0.620. The van der Waals surface area contributed by atoms with Gasteiger partial charge < -0.3 is 15.3 Å². The van der Waals surface area contributed by atoms with Crippen molar-refractivity contribution in [1.29, 1.82) is 0 Å². The molecule has 1 aromatic heterocycles. The molecule has 1 heterocycles. The fourth-order valence-corrected chi connectivity index (χ4v) is 5.66. The number of unbranched alkanes of at least 4 members (excludes halogenated alkanes) is 5. The lowest BCUT2D eigenvalue weighted by Gasteiger charge is -2.23. The van der Waals surface area contributed by atoms with Gasteiger partial charge in [0, 0.05) is 16.9 Å². The van der Waals surface area contributed by atoms with E-state index >= 15 is 0 Å². The third-order valence-electron chi connectivity index (χ3n) is 5.75. The van der Waals surface area contributed by atoms with E-state index in [0.29, 0.717) is 23.1 Å². The number of alkyl halides is 1. The van der Waals surface area contributed by atoms with Gasteiger partial charge in [0.15, 0.2) is 0 Å². The topological polar surface area (TPSA) is 77.8 Å². The molecule has 4 nitrogen and oxygen atoms in total. The van der Waals surface area contributed by atoms with Gasteiger partial charge in [0.2, 0.25) is 0 Å². The largest absolute Gasteiger partial charge is 0.477 e. The molecule has 0 aliphatic heterocycles. The van der Waals surface area contributed by atoms with E-state index in [9.17, 15) is 9.90 Å². The summed E-state index contributed by atoms with van der Waals surface area (Å²) >= 11 is 7.89. The maximum Gasteiger partial charge on any atom is 0.345 e. The van der Waals surface area contributed by atoms with Crippen LogP contribution in [0.15, 0.2) is 12.1 Å². The van der Waals surface area contributed by atoms with Gasteiger partial charge in [-0.15, -0.1) is 22.9 Å². The van der Waals surface area contributed by atoms with Crippen LogP contribution in [0.25, 0.3) is 0 Å². The Bertz CT molecular complexity index is 562. The normalized spacial score (nSPS) is 25.1. The predicted molar refractivity (Wildman–Crippen MR) is 111 cm³/mol. The average molecular weight is 417 g/mol. The molecule has 27 heavy (non-hydrogen) atoms. The number of rotatable bonds is 13. The van der Waals surface area contributed by atoms with Crippen molar-refractivity contribution < 1.29 is 20.1 Å². The number of aliphatic hydroxyl groups excluding tert-OH is 2. The zero-order chi connectivity index (χ0) is 19.6. The second-order valence-corrected chi connectivity index (χ2v) is 9.47. The maximum absolute atomic E-state index is 11.0. The summed E-state index contributed by atoms with van der Waals surface area (Å²) in [5, 5.41) is 28.3. The molecule has 0 aromatic carbocycles. The van der Waals surface area contributed by atoms with Crippen LogP contribution in [0.4, 0.5) is 0 Å². The van der Waals surface area contributed by atoms with Gasteiger partial charge in [0.25, 0.3) is 0 Å². The van der Waals surface area contributed by atoms with Gasteiger partial charge in [-0.25, -0.2) is 4.79 Å². The maximum atomic E-state index is 11.0. The van der Waals surface area contributed by atoms with E-state index in [2.05, 4.69) is 0 Å². The molecule has 6 heteroatoms. The lowest BCUT2D eigenvalue weighted by atomic mass is 9.85. The Morgan fingerprint density at radius 2 is 1.70 bits per heavy atom. The van der Waals surface area contributed by atoms with Gasteiger partial charge in [0.05, 0.1) is 6.10 Å². The van der Waals surface area contributed by atoms with Crippen LogP contribution in [-0.2, 0) is 6.42 Å². The molecule has 1 aliphatic rings. The minimum atomic E-state index is -0.859. The molecular formula is C21H33ClO4S. The summed E-state index contributed by atoms with van der Waals surface area (Å²) in [6.07, 6.45) is 11.0. The number of carboxylic acid groups (broad SMARTS) is 1. The number of aliphatic hydroxyl groups is 2. The lowest BCUT2D eigenvalue weighted by molar-refractivity contribution is 0.0702. The number of halogens is 1. The second-order valence-electron chi connectivity index (χ2n) is 7.74. The monoisotopic (exact) mass is 416 g/mol. The first-order valence-electron chi connectivity index (χ1n) is 10.3. The van der Waals surface area contributed by atoms with Crippen molar-refractivity contribution in [2.24, 2.45) is 11.8 Å². The summed E-state index contributed by atoms with van der Waals surface area (Å²) in [6.45, 7) is 0.288. The number of carboxylic acids is 1. The Balaban J connectivity index is 1.71. The zero-order valence-electron chi connectivity index (χ0n) is 16.0. The second kappa shape index (κ2) is 12.1. The molecule has 0 spiro atoms. The van der Waals surface area contributed by atoms with Gasteiger partial charge in [-0.2, -0.15) is 0 Å². The van der Waals surface area contributed by atoms with E-state index < -0.39 is 5.97 Å². The summed E-state index contributed by atoms with van der Waals surface area (Å²) in [4.78, 5) is 12.5. The van der Waals surface area contributed by atoms with Crippen LogP contribution < -0.4 is 0 Å². The molecule has 0 bridgehead atoms. The molecular weight excluding hydrogens is 384 g/mol. The van der Waals surface area contributed by atoms with Crippen LogP contribution in [-0.4, -0.2) is 39.4 Å². The van der Waals surface area contributed by atoms with E-state index in [-0.39, 0.29) is 18.1 Å². The Morgan fingerprint density at radius 3 is 2.37 bits per heavy atom. The third kappa shape index (κ3) is 7.37. The van der Waals surface area contributed by atoms with Crippen molar-refractivity contribution in [3.8, 4) is 0 Å². The predicted octanol–water partition coefficient (Wildman–Crippen LogP) is 5.10. The molecule has 1 aromatic rings. The van der Waals surface area contributed by atoms with Crippen LogP contribution in [0.1, 0.15) is 78.8 Å². The molecule has 1 fully saturated rings. The van der Waals surface area contributed by atoms with Crippen molar-refractivity contribution in [2.75, 3.05) is 6.61 Å². The standard InChI is InChI=1S/C21H33ClO4S/c22-18-14-19(24)17(9-5-3-1-2-4-6-13-23)16(18)10-7-8-15-11-12-20(27-15)21(25)26/h11-12,16-19,23-24H,1-10,13-14H2,(H,25,26)/t16-,17?,18?,19-/m1/s1. The summed E-state index contributed by atoms with van der Waals surface area (Å²) in [5.74, 6) is -0.208. The highest BCUT2D eigenvalue weighted by molar-refractivity contribution is 7.13. The molecule has 0 saturated heterocycles. The van der Waals surface area contributed by atoms with Crippen LogP contribution in [0.5, 0.6) is 0 Å². The number of hydrogen-bond donors (Lipinski definition) is 3. The molecule has 0 amide bonds. The summed E-state index contributed by atoms with van der Waals surface area (Å²) < 4.78 is 0. The molecule has 2 rings (SSSR count). The first kappa shape index (κ1) is 22.7. The molecule has 4 atom stereocenters. The third-order valence-corrected chi connectivity index (χ3v) is 7.39. The van der Waals surface area contributed by atoms with Crippen molar-refractivity contribution in [2.45, 2.75) is 82.1 Å². The van der Waals surface area contributed by atoms with Gasteiger partial charge >= 0.3 is 5.97 Å². The molecule has 2 unspecified atom stereocenters. The molecule has 1 aliphatic carbocycles. The highest BCUT2D eigenvalue weighted by Crippen LogP contribution is 2.42. The van der Waals surface area contributed by atoms with Crippen LogP contribution in [0.3, 0.4) is 0 Å². The molecule has 154 valence electrons. The van der Waals surface area contributed by atoms with Crippen LogP contribution >= 0.6 is 22.9 Å². The molecule has 1 saturated carbocycles. The van der Waals surface area contributed by atoms with Crippen molar-refractivity contribution >= 4 is 28.9 Å². The zero-order valence-corrected chi connectivity index (χ0v) is 17.6. The minimum Gasteiger partial charge on any atom is -0.477 e. The average Bonchev–Trinajstić information content (AvgIpc) is 3.20. The van der Waals surface area contributed by atoms with E-state index in [0.717, 1.165) is 49.8 Å². The Labute approximate surface area is 171 Å². The quantitative estimate of drug-likeness (QED) is 0.309. The van der Waals surface area contributed by atoms with Crippen LogP contribution in [0.2, 0.25) is 0 Å². The fourth-order valence-electron chi connectivity index (χ4n) is 4.27. The highest BCUT2D eigenvalue weighted by Gasteiger charge is 2.40. The summed E-state index contributed by atoms with van der Waals surface area (Å²) in [6, 6.07) is 3.58. The van der Waals surface area contributed by atoms with Gasteiger partial charge in [-0.1, -0.05) is 32.1 Å². The molecule has 0 radical (unpaired) electrons. The number of aryl methyl sites for hydroxylation is 1. The Kier molecular flexibility index (Phi) is 10.1. The van der Waals surface area contributed by atoms with E-state index in [1.165, 1.54) is 30.6 Å². The Morgan fingerprint density at radius 1 is 1.04 bits per heavy atom. The molecule has 3 N–H and O–H groups in total. The number of hydrogen-bond acceptors (Lipinski definition) is 4. The van der Waals surface area contributed by atoms with Crippen molar-refractivity contribution in [3.05, 3.63) is 21.9 Å². The van der Waals surface area contributed by atoms with Gasteiger partial charge in [0.1, 0.15) is 4.88 Å².